The van der Waals surface area contributed by atoms with Crippen LogP contribution < -0.4 is 0 Å². The Labute approximate surface area is 537 Å². The lowest BCUT2D eigenvalue weighted by Gasteiger charge is -2.21. The predicted molar refractivity (Wildman–Crippen MR) is 354 cm³/mol. The quantitative estimate of drug-likeness (QED) is 0.0222. The smallest absolute Gasteiger partial charge is 0.462 e. The second-order valence-electron chi connectivity index (χ2n) is 25.9. The molecule has 5 atom stereocenters. The van der Waals surface area contributed by atoms with Crippen molar-refractivity contribution in [2.75, 3.05) is 39.6 Å². The third-order valence-corrected chi connectivity index (χ3v) is 17.9. The van der Waals surface area contributed by atoms with Gasteiger partial charge in [0.15, 0.2) is 12.2 Å². The SMILES string of the molecule is CCCCCCCCCCCCCCCCCCCCC(=O)O[C@H](COC(=O)CCCCCCCCCCCCC(C)C)COP(=O)(O)OC[C@@H](O)COP(=O)(O)OC[C@@H](COC(=O)CCCCCCCCCC)OC(=O)CCCCCCCCC(C)C. The molecular weight excluding hydrogens is 1160 g/mol. The van der Waals surface area contributed by atoms with Crippen molar-refractivity contribution in [3.63, 3.8) is 0 Å². The van der Waals surface area contributed by atoms with Crippen LogP contribution in [0.2, 0.25) is 0 Å². The molecule has 0 bridgehead atoms. The van der Waals surface area contributed by atoms with Gasteiger partial charge >= 0.3 is 39.5 Å². The third-order valence-electron chi connectivity index (χ3n) is 16.0. The summed E-state index contributed by atoms with van der Waals surface area (Å²) >= 11 is 0. The van der Waals surface area contributed by atoms with Gasteiger partial charge in [-0.15, -0.1) is 0 Å². The zero-order valence-corrected chi connectivity index (χ0v) is 58.8. The lowest BCUT2D eigenvalue weighted by atomic mass is 10.0. The average molecular weight is 1300 g/mol. The highest BCUT2D eigenvalue weighted by Crippen LogP contribution is 2.45. The molecule has 2 unspecified atom stereocenters. The molecule has 0 radical (unpaired) electrons. The molecule has 0 spiro atoms. The van der Waals surface area contributed by atoms with Gasteiger partial charge in [-0.25, -0.2) is 9.13 Å². The van der Waals surface area contributed by atoms with Crippen molar-refractivity contribution in [3.8, 4) is 0 Å². The number of unbranched alkanes of at least 4 members (excludes halogenated alkanes) is 38. The number of rotatable bonds is 68. The number of hydrogen-bond donors (Lipinski definition) is 3. The highest BCUT2D eigenvalue weighted by molar-refractivity contribution is 7.47. The maximum absolute atomic E-state index is 13.0. The maximum atomic E-state index is 13.0. The minimum atomic E-state index is -4.95. The molecule has 0 aromatic heterocycles. The van der Waals surface area contributed by atoms with Crippen LogP contribution in [0, 0.1) is 11.8 Å². The molecular formula is C69H134O17P2. The van der Waals surface area contributed by atoms with E-state index in [-0.39, 0.29) is 25.7 Å². The van der Waals surface area contributed by atoms with E-state index in [1.807, 2.05) is 0 Å². The summed E-state index contributed by atoms with van der Waals surface area (Å²) in [5.74, 6) is -0.704. The Morgan fingerprint density at radius 3 is 0.773 bits per heavy atom. The summed E-state index contributed by atoms with van der Waals surface area (Å²) in [4.78, 5) is 72.3. The molecule has 0 fully saturated rings. The summed E-state index contributed by atoms with van der Waals surface area (Å²) in [6.07, 6.45) is 46.1. The topological polar surface area (TPSA) is 237 Å². The fraction of sp³-hybridized carbons (Fsp3) is 0.942. The highest BCUT2D eigenvalue weighted by Gasteiger charge is 2.30. The molecule has 0 saturated carbocycles. The molecule has 3 N–H and O–H groups in total. The molecule has 0 aliphatic carbocycles. The first kappa shape index (κ1) is 86.1. The Morgan fingerprint density at radius 1 is 0.307 bits per heavy atom. The van der Waals surface area contributed by atoms with Crippen LogP contribution in [-0.4, -0.2) is 96.7 Å². The Morgan fingerprint density at radius 2 is 0.523 bits per heavy atom. The Kier molecular flexibility index (Phi) is 59.9. The minimum absolute atomic E-state index is 0.102. The van der Waals surface area contributed by atoms with Gasteiger partial charge in [-0.05, 0) is 37.5 Å². The largest absolute Gasteiger partial charge is 0.472 e. The van der Waals surface area contributed by atoms with E-state index in [1.54, 1.807) is 0 Å². The second kappa shape index (κ2) is 61.3. The molecule has 19 heteroatoms. The van der Waals surface area contributed by atoms with Gasteiger partial charge in [-0.1, -0.05) is 298 Å². The van der Waals surface area contributed by atoms with E-state index in [1.165, 1.54) is 161 Å². The molecule has 0 amide bonds. The number of aliphatic hydroxyl groups excluding tert-OH is 1. The van der Waals surface area contributed by atoms with Crippen LogP contribution >= 0.6 is 15.6 Å². The van der Waals surface area contributed by atoms with E-state index < -0.39 is 97.5 Å². The monoisotopic (exact) mass is 1300 g/mol. The van der Waals surface area contributed by atoms with E-state index in [0.717, 1.165) is 102 Å². The maximum Gasteiger partial charge on any atom is 0.472 e. The van der Waals surface area contributed by atoms with Crippen molar-refractivity contribution in [1.82, 2.24) is 0 Å². The van der Waals surface area contributed by atoms with Crippen LogP contribution in [-0.2, 0) is 65.4 Å². The van der Waals surface area contributed by atoms with Crippen LogP contribution in [0.4, 0.5) is 0 Å². The fourth-order valence-electron chi connectivity index (χ4n) is 10.4. The van der Waals surface area contributed by atoms with E-state index in [2.05, 4.69) is 41.5 Å². The zero-order valence-electron chi connectivity index (χ0n) is 57.0. The van der Waals surface area contributed by atoms with E-state index >= 15 is 0 Å². The molecule has 0 saturated heterocycles. The van der Waals surface area contributed by atoms with Gasteiger partial charge in [0.05, 0.1) is 26.4 Å². The van der Waals surface area contributed by atoms with Crippen molar-refractivity contribution >= 4 is 39.5 Å². The van der Waals surface area contributed by atoms with Crippen molar-refractivity contribution in [1.29, 1.82) is 0 Å². The van der Waals surface area contributed by atoms with E-state index in [9.17, 15) is 43.2 Å². The van der Waals surface area contributed by atoms with E-state index in [0.29, 0.717) is 31.6 Å². The number of ether oxygens (including phenoxy) is 4. The zero-order chi connectivity index (χ0) is 65.0. The number of esters is 4. The molecule has 88 heavy (non-hydrogen) atoms. The Bertz CT molecular complexity index is 1720. The summed E-state index contributed by atoms with van der Waals surface area (Å²) in [5.41, 5.74) is 0. The van der Waals surface area contributed by atoms with Gasteiger partial charge in [0.2, 0.25) is 0 Å². The summed E-state index contributed by atoms with van der Waals surface area (Å²) in [6.45, 7) is 9.41. The molecule has 0 heterocycles. The fourth-order valence-corrected chi connectivity index (χ4v) is 12.0. The number of phosphoric ester groups is 2. The predicted octanol–water partition coefficient (Wildman–Crippen LogP) is 19.6. The minimum Gasteiger partial charge on any atom is -0.462 e. The first-order valence-electron chi connectivity index (χ1n) is 36.0. The average Bonchev–Trinajstić information content (AvgIpc) is 3.59. The first-order chi connectivity index (χ1) is 42.4. The Balaban J connectivity index is 5.19. The molecule has 0 aliphatic heterocycles. The van der Waals surface area contributed by atoms with Crippen molar-refractivity contribution in [2.45, 2.75) is 368 Å². The third kappa shape index (κ3) is 62.8. The van der Waals surface area contributed by atoms with Crippen molar-refractivity contribution < 1.29 is 80.2 Å². The van der Waals surface area contributed by atoms with E-state index in [4.69, 9.17) is 37.0 Å². The lowest BCUT2D eigenvalue weighted by molar-refractivity contribution is -0.161. The highest BCUT2D eigenvalue weighted by atomic mass is 31.2. The number of carbonyl (C=O) groups is 4. The van der Waals surface area contributed by atoms with Gasteiger partial charge in [-0.3, -0.25) is 37.3 Å². The van der Waals surface area contributed by atoms with Gasteiger partial charge in [-0.2, -0.15) is 0 Å². The van der Waals surface area contributed by atoms with Crippen LogP contribution in [0.5, 0.6) is 0 Å². The van der Waals surface area contributed by atoms with Gasteiger partial charge in [0.25, 0.3) is 0 Å². The molecule has 0 aliphatic rings. The first-order valence-corrected chi connectivity index (χ1v) is 39.0. The molecule has 17 nitrogen and oxygen atoms in total. The van der Waals surface area contributed by atoms with Crippen LogP contribution in [0.1, 0.15) is 350 Å². The number of hydrogen-bond acceptors (Lipinski definition) is 15. The standard InChI is InChI=1S/C69H134O17P2/c1-7-9-11-13-15-17-18-19-20-21-22-23-24-25-30-34-41-47-53-68(73)85-64(57-80-67(72)52-46-40-33-29-27-26-28-31-37-43-49-61(3)4)59-83-87(75,76)81-55-63(70)56-82-88(77,78)84-60-65(58-79-66(71)51-45-39-32-16-14-12-10-8-2)86-69(74)54-48-42-36-35-38-44-50-62(5)6/h61-65,70H,7-60H2,1-6H3,(H,75,76)(H,77,78)/t63-,64-,65-/m1/s1. The summed E-state index contributed by atoms with van der Waals surface area (Å²) < 4.78 is 68.1. The summed E-state index contributed by atoms with van der Waals surface area (Å²) in [5, 5.41) is 10.6. The number of phosphoric acid groups is 2. The van der Waals surface area contributed by atoms with Gasteiger partial charge in [0, 0.05) is 25.7 Å². The molecule has 522 valence electrons. The molecule has 0 aromatic rings. The Hall–Kier alpha value is -1.94. The normalized spacial score (nSPS) is 14.2. The summed E-state index contributed by atoms with van der Waals surface area (Å²) in [7, 11) is -9.89. The number of carbonyl (C=O) groups excluding carboxylic acids is 4. The van der Waals surface area contributed by atoms with Crippen molar-refractivity contribution in [3.05, 3.63) is 0 Å². The summed E-state index contributed by atoms with van der Waals surface area (Å²) in [6, 6.07) is 0. The number of aliphatic hydroxyl groups is 1. The van der Waals surface area contributed by atoms with Gasteiger partial charge < -0.3 is 33.8 Å². The van der Waals surface area contributed by atoms with Crippen LogP contribution in [0.3, 0.4) is 0 Å². The lowest BCUT2D eigenvalue weighted by Crippen LogP contribution is -2.30. The second-order valence-corrected chi connectivity index (χ2v) is 28.8. The molecule has 0 rings (SSSR count). The van der Waals surface area contributed by atoms with Gasteiger partial charge in [0.1, 0.15) is 19.3 Å². The van der Waals surface area contributed by atoms with Crippen molar-refractivity contribution in [2.24, 2.45) is 11.8 Å². The van der Waals surface area contributed by atoms with Crippen LogP contribution in [0.25, 0.3) is 0 Å². The molecule has 0 aromatic carbocycles. The van der Waals surface area contributed by atoms with Crippen LogP contribution in [0.15, 0.2) is 0 Å².